The molecular formula is C22H48O10. The highest BCUT2D eigenvalue weighted by Crippen LogP contribution is 2.02. The molecule has 0 radical (unpaired) electrons. The summed E-state index contributed by atoms with van der Waals surface area (Å²) in [5.74, 6) is 0. The van der Waals surface area contributed by atoms with Gasteiger partial charge in [-0.3, -0.25) is 0 Å². The van der Waals surface area contributed by atoms with Gasteiger partial charge in [-0.2, -0.15) is 0 Å². The monoisotopic (exact) mass is 472 g/mol. The molecule has 0 aliphatic rings. The summed E-state index contributed by atoms with van der Waals surface area (Å²) in [5, 5.41) is 0. The summed E-state index contributed by atoms with van der Waals surface area (Å²) in [5.41, 5.74) is 0. The zero-order valence-electron chi connectivity index (χ0n) is 21.6. The Kier molecular flexibility index (Phi) is 26.6. The quantitative estimate of drug-likeness (QED) is 0.244. The average molecular weight is 473 g/mol. The van der Waals surface area contributed by atoms with Gasteiger partial charge in [0, 0.05) is 49.8 Å². The highest BCUT2D eigenvalue weighted by Gasteiger charge is 2.15. The first-order valence-corrected chi connectivity index (χ1v) is 10.8. The van der Waals surface area contributed by atoms with Gasteiger partial charge in [0.15, 0.2) is 0 Å². The number of methoxy groups -OCH3 is 7. The lowest BCUT2D eigenvalue weighted by Gasteiger charge is -2.22. The average Bonchev–Trinajstić information content (AvgIpc) is 2.78. The third kappa shape index (κ3) is 21.4. The highest BCUT2D eigenvalue weighted by atomic mass is 16.6. The Morgan fingerprint density at radius 2 is 0.688 bits per heavy atom. The molecule has 0 rings (SSSR count). The van der Waals surface area contributed by atoms with Crippen molar-refractivity contribution < 1.29 is 47.4 Å². The first kappa shape index (κ1) is 33.8. The minimum Gasteiger partial charge on any atom is -0.382 e. The standard InChI is InChI=1S/C13H28O6.C9H20O4/c1-11(6-14-2)18-10-13(8-16-4)19-9-12(17-5)7-15-3;1-8(5-10-2)13-7-9(12-4)6-11-3/h11-13H,6-10H2,1-5H3;8-9H,5-7H2,1-4H3. The van der Waals surface area contributed by atoms with E-state index in [0.29, 0.717) is 52.9 Å². The van der Waals surface area contributed by atoms with Crippen LogP contribution in [0.4, 0.5) is 0 Å². The number of rotatable bonds is 21. The van der Waals surface area contributed by atoms with E-state index in [2.05, 4.69) is 0 Å². The molecule has 196 valence electrons. The minimum atomic E-state index is -0.126. The number of hydrogen-bond acceptors (Lipinski definition) is 10. The summed E-state index contributed by atoms with van der Waals surface area (Å²) in [6.45, 7) is 8.04. The summed E-state index contributed by atoms with van der Waals surface area (Å²) in [6, 6.07) is 0. The molecule has 0 aliphatic carbocycles. The number of ether oxygens (including phenoxy) is 10. The third-order valence-electron chi connectivity index (χ3n) is 4.18. The van der Waals surface area contributed by atoms with Crippen LogP contribution in [0.2, 0.25) is 0 Å². The second-order valence-corrected chi connectivity index (χ2v) is 7.24. The van der Waals surface area contributed by atoms with Crippen LogP contribution in [0.3, 0.4) is 0 Å². The maximum absolute atomic E-state index is 5.72. The van der Waals surface area contributed by atoms with Gasteiger partial charge < -0.3 is 47.4 Å². The molecule has 32 heavy (non-hydrogen) atoms. The van der Waals surface area contributed by atoms with E-state index >= 15 is 0 Å². The van der Waals surface area contributed by atoms with Crippen molar-refractivity contribution >= 4 is 0 Å². The Balaban J connectivity index is 0. The minimum absolute atomic E-state index is 0.00399. The molecular weight excluding hydrogens is 424 g/mol. The van der Waals surface area contributed by atoms with Crippen LogP contribution in [0, 0.1) is 0 Å². The van der Waals surface area contributed by atoms with E-state index in [-0.39, 0.29) is 30.5 Å². The lowest BCUT2D eigenvalue weighted by Crippen LogP contribution is -2.33. The Bertz CT molecular complexity index is 362. The summed E-state index contributed by atoms with van der Waals surface area (Å²) in [6.07, 6.45) is -0.0754. The summed E-state index contributed by atoms with van der Waals surface area (Å²) in [4.78, 5) is 0. The van der Waals surface area contributed by atoms with Crippen LogP contribution in [-0.2, 0) is 47.4 Å². The molecule has 0 spiro atoms. The van der Waals surface area contributed by atoms with E-state index in [1.165, 1.54) is 0 Å². The molecule has 10 nitrogen and oxygen atoms in total. The molecule has 0 aromatic carbocycles. The van der Waals surface area contributed by atoms with Gasteiger partial charge in [-0.05, 0) is 13.8 Å². The van der Waals surface area contributed by atoms with Crippen LogP contribution in [0.25, 0.3) is 0 Å². The second kappa shape index (κ2) is 25.2. The maximum atomic E-state index is 5.72. The Morgan fingerprint density at radius 1 is 0.375 bits per heavy atom. The molecule has 0 aromatic heterocycles. The molecule has 10 heteroatoms. The molecule has 0 aromatic rings. The zero-order chi connectivity index (χ0) is 24.6. The van der Waals surface area contributed by atoms with Crippen molar-refractivity contribution in [3.8, 4) is 0 Å². The van der Waals surface area contributed by atoms with Crippen molar-refractivity contribution in [3.05, 3.63) is 0 Å². The fourth-order valence-electron chi connectivity index (χ4n) is 2.42. The van der Waals surface area contributed by atoms with Crippen molar-refractivity contribution in [2.75, 3.05) is 103 Å². The SMILES string of the molecule is COCC(C)OCC(COC)OC.COCC(C)OCC(COC)OCC(COC)OC. The summed E-state index contributed by atoms with van der Waals surface area (Å²) < 4.78 is 52.2. The molecule has 0 saturated carbocycles. The van der Waals surface area contributed by atoms with E-state index in [1.807, 2.05) is 13.8 Å². The smallest absolute Gasteiger partial charge is 0.104 e. The fourth-order valence-corrected chi connectivity index (χ4v) is 2.42. The molecule has 0 heterocycles. The molecule has 5 unspecified atom stereocenters. The van der Waals surface area contributed by atoms with Gasteiger partial charge in [-0.15, -0.1) is 0 Å². The van der Waals surface area contributed by atoms with E-state index in [1.54, 1.807) is 49.8 Å². The lowest BCUT2D eigenvalue weighted by atomic mass is 10.3. The van der Waals surface area contributed by atoms with Gasteiger partial charge in [0.1, 0.15) is 18.3 Å². The van der Waals surface area contributed by atoms with Crippen LogP contribution in [0.15, 0.2) is 0 Å². The zero-order valence-corrected chi connectivity index (χ0v) is 21.6. The largest absolute Gasteiger partial charge is 0.382 e. The van der Waals surface area contributed by atoms with Gasteiger partial charge in [0.25, 0.3) is 0 Å². The fraction of sp³-hybridized carbons (Fsp3) is 1.00. The molecule has 0 fully saturated rings. The Morgan fingerprint density at radius 3 is 1.03 bits per heavy atom. The molecule has 0 amide bonds. The molecule has 0 N–H and O–H groups in total. The maximum Gasteiger partial charge on any atom is 0.104 e. The summed E-state index contributed by atoms with van der Waals surface area (Å²) >= 11 is 0. The predicted octanol–water partition coefficient (Wildman–Crippen LogP) is 1.43. The van der Waals surface area contributed by atoms with Crippen LogP contribution in [-0.4, -0.2) is 133 Å². The van der Waals surface area contributed by atoms with E-state index < -0.39 is 0 Å². The topological polar surface area (TPSA) is 92.3 Å². The van der Waals surface area contributed by atoms with Gasteiger partial charge in [-0.1, -0.05) is 0 Å². The van der Waals surface area contributed by atoms with Gasteiger partial charge >= 0.3 is 0 Å². The van der Waals surface area contributed by atoms with E-state index in [4.69, 9.17) is 47.4 Å². The molecule has 5 atom stereocenters. The number of hydrogen-bond donors (Lipinski definition) is 0. The van der Waals surface area contributed by atoms with Crippen LogP contribution in [0.1, 0.15) is 13.8 Å². The predicted molar refractivity (Wildman–Crippen MR) is 122 cm³/mol. The van der Waals surface area contributed by atoms with Crippen molar-refractivity contribution in [1.29, 1.82) is 0 Å². The molecule has 0 aliphatic heterocycles. The highest BCUT2D eigenvalue weighted by molar-refractivity contribution is 4.61. The van der Waals surface area contributed by atoms with Crippen molar-refractivity contribution in [2.24, 2.45) is 0 Å². The van der Waals surface area contributed by atoms with E-state index in [9.17, 15) is 0 Å². The first-order valence-electron chi connectivity index (χ1n) is 10.8. The Hall–Kier alpha value is -0.400. The molecule has 0 saturated heterocycles. The lowest BCUT2D eigenvalue weighted by molar-refractivity contribution is -0.107. The second-order valence-electron chi connectivity index (χ2n) is 7.24. The summed E-state index contributed by atoms with van der Waals surface area (Å²) in [7, 11) is 11.5. The van der Waals surface area contributed by atoms with Crippen LogP contribution < -0.4 is 0 Å². The molecule has 0 bridgehead atoms. The van der Waals surface area contributed by atoms with Gasteiger partial charge in [0.05, 0.1) is 65.1 Å². The van der Waals surface area contributed by atoms with E-state index in [0.717, 1.165) is 0 Å². The van der Waals surface area contributed by atoms with Crippen molar-refractivity contribution in [1.82, 2.24) is 0 Å². The first-order chi connectivity index (χ1) is 15.4. The van der Waals surface area contributed by atoms with Gasteiger partial charge in [0.2, 0.25) is 0 Å². The van der Waals surface area contributed by atoms with Crippen molar-refractivity contribution in [3.63, 3.8) is 0 Å². The van der Waals surface area contributed by atoms with Gasteiger partial charge in [-0.25, -0.2) is 0 Å². The third-order valence-corrected chi connectivity index (χ3v) is 4.18. The van der Waals surface area contributed by atoms with Crippen LogP contribution in [0.5, 0.6) is 0 Å². The van der Waals surface area contributed by atoms with Crippen molar-refractivity contribution in [2.45, 2.75) is 44.4 Å². The van der Waals surface area contributed by atoms with Crippen LogP contribution >= 0.6 is 0 Å². The Labute approximate surface area is 195 Å². The normalized spacial score (nSPS) is 16.0.